The van der Waals surface area contributed by atoms with Gasteiger partial charge in [-0.3, -0.25) is 4.79 Å². The molecule has 36 heavy (non-hydrogen) atoms. The molecule has 0 bridgehead atoms. The van der Waals surface area contributed by atoms with Crippen LogP contribution in [-0.4, -0.2) is 74.6 Å². The molecule has 1 unspecified atom stereocenters. The van der Waals surface area contributed by atoms with Crippen LogP contribution in [0.25, 0.3) is 5.65 Å². The maximum Gasteiger partial charge on any atom is 0.410 e. The van der Waals surface area contributed by atoms with E-state index in [0.717, 1.165) is 17.8 Å². The molecule has 4 heterocycles. The number of rotatable bonds is 6. The number of anilines is 2. The Kier molecular flexibility index (Phi) is 7.00. The van der Waals surface area contributed by atoms with Crippen molar-refractivity contribution in [1.82, 2.24) is 24.3 Å². The first-order valence-corrected chi connectivity index (χ1v) is 12.0. The van der Waals surface area contributed by atoms with E-state index in [-0.39, 0.29) is 29.5 Å². The summed E-state index contributed by atoms with van der Waals surface area (Å²) in [5, 5.41) is 2.88. The van der Waals surface area contributed by atoms with Crippen molar-refractivity contribution in [3.63, 3.8) is 0 Å². The third-order valence-electron chi connectivity index (χ3n) is 5.77. The van der Waals surface area contributed by atoms with Crippen molar-refractivity contribution in [2.24, 2.45) is 0 Å². The summed E-state index contributed by atoms with van der Waals surface area (Å²) in [5.74, 6) is 0.291. The van der Waals surface area contributed by atoms with Gasteiger partial charge in [-0.05, 0) is 53.2 Å². The summed E-state index contributed by atoms with van der Waals surface area (Å²) in [6, 6.07) is 3.59. The number of aromatic nitrogens is 4. The minimum absolute atomic E-state index is 0.0382. The number of likely N-dealkylation sites (N-methyl/N-ethyl adjacent to an activating group) is 1. The molecule has 1 fully saturated rings. The Labute approximate surface area is 210 Å². The fraction of sp³-hybridized carbons (Fsp3) is 0.480. The molecule has 2 amide bonds. The normalized spacial score (nSPS) is 15.7. The summed E-state index contributed by atoms with van der Waals surface area (Å²) in [7, 11) is 1.74. The van der Waals surface area contributed by atoms with Gasteiger partial charge in [-0.1, -0.05) is 0 Å². The van der Waals surface area contributed by atoms with E-state index in [2.05, 4.69) is 20.3 Å². The minimum atomic E-state index is -0.557. The van der Waals surface area contributed by atoms with Crippen molar-refractivity contribution in [1.29, 1.82) is 0 Å². The molecule has 3 aromatic rings. The van der Waals surface area contributed by atoms with Crippen LogP contribution >= 0.6 is 0 Å². The fourth-order valence-electron chi connectivity index (χ4n) is 4.03. The van der Waals surface area contributed by atoms with Crippen molar-refractivity contribution in [2.75, 3.05) is 37.0 Å². The molecule has 11 heteroatoms. The molecule has 0 radical (unpaired) electrons. The molecule has 1 N–H and O–H groups in total. The standard InChI is InChI=1S/C25H33N7O4/c1-7-35-22-19(21(33)28-17-8-9-20-27-16(2)13-32(20)14-17)12-26-23(29-22)31-11-10-18(15-31)30(6)24(34)36-25(3,4)5/h8-9,12-14,18H,7,10-11,15H2,1-6H3,(H,28,33). The van der Waals surface area contributed by atoms with Crippen molar-refractivity contribution in [3.05, 3.63) is 42.0 Å². The molecular weight excluding hydrogens is 462 g/mol. The molecule has 3 aromatic heterocycles. The zero-order valence-electron chi connectivity index (χ0n) is 21.6. The largest absolute Gasteiger partial charge is 0.477 e. The number of hydrogen-bond donors (Lipinski definition) is 1. The van der Waals surface area contributed by atoms with Gasteiger partial charge in [-0.25, -0.2) is 14.8 Å². The molecule has 1 saturated heterocycles. The van der Waals surface area contributed by atoms with Gasteiger partial charge in [0.1, 0.15) is 16.8 Å². The third-order valence-corrected chi connectivity index (χ3v) is 5.77. The molecule has 11 nitrogen and oxygen atoms in total. The van der Waals surface area contributed by atoms with Crippen LogP contribution < -0.4 is 15.0 Å². The quantitative estimate of drug-likeness (QED) is 0.552. The number of carbonyl (C=O) groups is 2. The number of aryl methyl sites for hydroxylation is 1. The lowest BCUT2D eigenvalue weighted by molar-refractivity contribution is 0.0237. The van der Waals surface area contributed by atoms with Crippen LogP contribution in [0.5, 0.6) is 5.88 Å². The van der Waals surface area contributed by atoms with Gasteiger partial charge in [0.25, 0.3) is 5.91 Å². The number of nitrogens with zero attached hydrogens (tertiary/aromatic N) is 6. The second kappa shape index (κ2) is 10.00. The van der Waals surface area contributed by atoms with Crippen molar-refractivity contribution >= 4 is 29.3 Å². The first-order valence-electron chi connectivity index (χ1n) is 12.0. The average molecular weight is 496 g/mol. The maximum absolute atomic E-state index is 13.0. The maximum atomic E-state index is 13.0. The number of hydrogen-bond acceptors (Lipinski definition) is 8. The van der Waals surface area contributed by atoms with Crippen molar-refractivity contribution < 1.29 is 19.1 Å². The highest BCUT2D eigenvalue weighted by molar-refractivity contribution is 6.05. The zero-order chi connectivity index (χ0) is 26.0. The van der Waals surface area contributed by atoms with Crippen molar-refractivity contribution in [2.45, 2.75) is 52.7 Å². The van der Waals surface area contributed by atoms with Crippen LogP contribution in [0.4, 0.5) is 16.4 Å². The molecule has 1 atom stereocenters. The number of fused-ring (bicyclic) bond motifs is 1. The molecule has 1 aliphatic rings. The highest BCUT2D eigenvalue weighted by Crippen LogP contribution is 2.25. The fourth-order valence-corrected chi connectivity index (χ4v) is 4.03. The summed E-state index contributed by atoms with van der Waals surface area (Å²) in [4.78, 5) is 42.5. The first kappa shape index (κ1) is 25.2. The number of ether oxygens (including phenoxy) is 2. The Balaban J connectivity index is 1.47. The van der Waals surface area contributed by atoms with E-state index in [1.807, 2.05) is 56.2 Å². The number of amides is 2. The number of pyridine rings is 1. The van der Waals surface area contributed by atoms with Crippen LogP contribution in [0.3, 0.4) is 0 Å². The van der Waals surface area contributed by atoms with Gasteiger partial charge in [0.15, 0.2) is 0 Å². The summed E-state index contributed by atoms with van der Waals surface area (Å²) in [6.07, 6.45) is 5.56. The monoisotopic (exact) mass is 495 g/mol. The number of imidazole rings is 1. The molecule has 0 aliphatic carbocycles. The van der Waals surface area contributed by atoms with E-state index in [1.165, 1.54) is 6.20 Å². The minimum Gasteiger partial charge on any atom is -0.477 e. The predicted molar refractivity (Wildman–Crippen MR) is 136 cm³/mol. The van der Waals surface area contributed by atoms with E-state index in [4.69, 9.17) is 9.47 Å². The lowest BCUT2D eigenvalue weighted by Crippen LogP contribution is -2.42. The summed E-state index contributed by atoms with van der Waals surface area (Å²) in [6.45, 7) is 10.8. The van der Waals surface area contributed by atoms with Gasteiger partial charge >= 0.3 is 6.09 Å². The number of carbonyl (C=O) groups excluding carboxylic acids is 2. The predicted octanol–water partition coefficient (Wildman–Crippen LogP) is 3.53. The van der Waals surface area contributed by atoms with Crippen molar-refractivity contribution in [3.8, 4) is 5.88 Å². The highest BCUT2D eigenvalue weighted by Gasteiger charge is 2.32. The average Bonchev–Trinajstić information content (AvgIpc) is 3.43. The summed E-state index contributed by atoms with van der Waals surface area (Å²) >= 11 is 0. The second-order valence-electron chi connectivity index (χ2n) is 9.82. The Morgan fingerprint density at radius 2 is 2.00 bits per heavy atom. The van der Waals surface area contributed by atoms with E-state index in [1.54, 1.807) is 24.2 Å². The molecule has 0 saturated carbocycles. The lowest BCUT2D eigenvalue weighted by Gasteiger charge is -2.28. The van der Waals surface area contributed by atoms with E-state index in [9.17, 15) is 9.59 Å². The zero-order valence-corrected chi connectivity index (χ0v) is 21.6. The van der Waals surface area contributed by atoms with E-state index < -0.39 is 5.60 Å². The van der Waals surface area contributed by atoms with Gasteiger partial charge < -0.3 is 29.0 Å². The first-order chi connectivity index (χ1) is 17.0. The van der Waals surface area contributed by atoms with Gasteiger partial charge in [-0.15, -0.1) is 0 Å². The Morgan fingerprint density at radius 1 is 1.22 bits per heavy atom. The number of nitrogens with one attached hydrogen (secondary N) is 1. The van der Waals surface area contributed by atoms with E-state index >= 15 is 0 Å². The second-order valence-corrected chi connectivity index (χ2v) is 9.82. The van der Waals surface area contributed by atoms with Gasteiger partial charge in [0.2, 0.25) is 11.8 Å². The lowest BCUT2D eigenvalue weighted by atomic mass is 10.2. The molecule has 0 spiro atoms. The van der Waals surface area contributed by atoms with Gasteiger partial charge in [0.05, 0.1) is 24.0 Å². The molecule has 1 aliphatic heterocycles. The van der Waals surface area contributed by atoms with Crippen LogP contribution in [0.2, 0.25) is 0 Å². The van der Waals surface area contributed by atoms with Gasteiger partial charge in [0, 0.05) is 38.7 Å². The van der Waals surface area contributed by atoms with Crippen LogP contribution in [0.15, 0.2) is 30.7 Å². The smallest absolute Gasteiger partial charge is 0.410 e. The SMILES string of the molecule is CCOc1nc(N2CCC(N(C)C(=O)OC(C)(C)C)C2)ncc1C(=O)Nc1ccc2nc(C)cn2c1. The van der Waals surface area contributed by atoms with E-state index in [0.29, 0.717) is 31.3 Å². The van der Waals surface area contributed by atoms with Crippen LogP contribution in [-0.2, 0) is 4.74 Å². The van der Waals surface area contributed by atoms with Gasteiger partial charge in [-0.2, -0.15) is 4.98 Å². The highest BCUT2D eigenvalue weighted by atomic mass is 16.6. The Hall–Kier alpha value is -3.89. The Bertz CT molecular complexity index is 1270. The third kappa shape index (κ3) is 5.67. The Morgan fingerprint density at radius 3 is 2.72 bits per heavy atom. The topological polar surface area (TPSA) is 114 Å². The van der Waals surface area contributed by atoms with Crippen LogP contribution in [0.1, 0.15) is 50.2 Å². The summed E-state index contributed by atoms with van der Waals surface area (Å²) < 4.78 is 13.0. The molecule has 192 valence electrons. The molecule has 0 aromatic carbocycles. The molecular formula is C25H33N7O4. The molecule has 4 rings (SSSR count). The summed E-state index contributed by atoms with van der Waals surface area (Å²) in [5.41, 5.74) is 1.99. The van der Waals surface area contributed by atoms with Crippen LogP contribution in [0, 0.1) is 6.92 Å².